The summed E-state index contributed by atoms with van der Waals surface area (Å²) in [5.41, 5.74) is 11.9. The van der Waals surface area contributed by atoms with Gasteiger partial charge in [0.2, 0.25) is 0 Å². The van der Waals surface area contributed by atoms with Gasteiger partial charge >= 0.3 is 0 Å². The highest BCUT2D eigenvalue weighted by atomic mass is 16.2. The fourth-order valence-electron chi connectivity index (χ4n) is 4.54. The number of rotatable bonds is 5. The molecule has 1 amide bonds. The van der Waals surface area contributed by atoms with Crippen LogP contribution in [0.3, 0.4) is 0 Å². The smallest absolute Gasteiger partial charge is 0.274 e. The third kappa shape index (κ3) is 4.22. The maximum absolute atomic E-state index is 13.6. The Morgan fingerprint density at radius 3 is 2.34 bits per heavy atom. The van der Waals surface area contributed by atoms with Gasteiger partial charge in [-0.1, -0.05) is 42.5 Å². The lowest BCUT2D eigenvalue weighted by Gasteiger charge is -2.25. The van der Waals surface area contributed by atoms with Crippen LogP contribution in [0.4, 0.5) is 5.82 Å². The van der Waals surface area contributed by atoms with Gasteiger partial charge in [-0.2, -0.15) is 0 Å². The van der Waals surface area contributed by atoms with Crippen molar-refractivity contribution in [1.29, 1.82) is 0 Å². The molecule has 0 spiro atoms. The van der Waals surface area contributed by atoms with Gasteiger partial charge in [-0.05, 0) is 50.2 Å². The maximum atomic E-state index is 13.6. The van der Waals surface area contributed by atoms with E-state index in [1.165, 1.54) is 0 Å². The molecular formula is C30H25N7O. The van der Waals surface area contributed by atoms with Crippen LogP contribution in [-0.4, -0.2) is 30.8 Å². The van der Waals surface area contributed by atoms with Crippen molar-refractivity contribution >= 4 is 33.7 Å². The molecule has 0 aliphatic carbocycles. The molecular weight excluding hydrogens is 474 g/mol. The Labute approximate surface area is 219 Å². The van der Waals surface area contributed by atoms with Crippen LogP contribution in [0.25, 0.3) is 44.5 Å². The predicted molar refractivity (Wildman–Crippen MR) is 149 cm³/mol. The molecule has 0 aliphatic heterocycles. The molecule has 0 unspecified atom stereocenters. The van der Waals surface area contributed by atoms with Crippen molar-refractivity contribution in [2.75, 3.05) is 5.73 Å². The van der Waals surface area contributed by atoms with Gasteiger partial charge in [-0.3, -0.25) is 14.8 Å². The summed E-state index contributed by atoms with van der Waals surface area (Å²) in [6, 6.07) is 25.2. The Hall–Kier alpha value is -5.11. The minimum Gasteiger partial charge on any atom is -0.382 e. The van der Waals surface area contributed by atoms with Gasteiger partial charge in [0.25, 0.3) is 5.91 Å². The number of nitrogens with two attached hydrogens (primary N) is 1. The number of anilines is 1. The summed E-state index contributed by atoms with van der Waals surface area (Å²) in [4.78, 5) is 35.2. The van der Waals surface area contributed by atoms with Crippen molar-refractivity contribution < 1.29 is 4.79 Å². The number of nitrogen functional groups attached to an aromatic ring is 1. The number of carbonyl (C=O) groups is 1. The number of aromatic amines is 1. The second kappa shape index (κ2) is 9.08. The molecule has 4 heterocycles. The number of hydrogen-bond acceptors (Lipinski definition) is 6. The largest absolute Gasteiger partial charge is 0.382 e. The number of fused-ring (bicyclic) bond motifs is 2. The van der Waals surface area contributed by atoms with Gasteiger partial charge in [-0.15, -0.1) is 0 Å². The summed E-state index contributed by atoms with van der Waals surface area (Å²) < 4.78 is 0. The molecule has 6 rings (SSSR count). The van der Waals surface area contributed by atoms with E-state index in [1.807, 2.05) is 92.7 Å². The number of nitrogens with zero attached hydrogens (tertiary/aromatic N) is 4. The van der Waals surface area contributed by atoms with Crippen molar-refractivity contribution in [3.63, 3.8) is 0 Å². The molecule has 4 N–H and O–H groups in total. The normalized spacial score (nSPS) is 11.6. The fourth-order valence-corrected chi connectivity index (χ4v) is 4.54. The Balaban J connectivity index is 1.43. The Kier molecular flexibility index (Phi) is 5.57. The second-order valence-corrected chi connectivity index (χ2v) is 9.63. The van der Waals surface area contributed by atoms with Crippen LogP contribution in [0.15, 0.2) is 91.3 Å². The first kappa shape index (κ1) is 23.3. The van der Waals surface area contributed by atoms with Crippen LogP contribution >= 0.6 is 0 Å². The van der Waals surface area contributed by atoms with E-state index in [-0.39, 0.29) is 11.5 Å². The zero-order chi connectivity index (χ0) is 26.3. The zero-order valence-electron chi connectivity index (χ0n) is 20.9. The summed E-state index contributed by atoms with van der Waals surface area (Å²) in [5, 5.41) is 4.03. The molecule has 0 atom stereocenters. The average molecular weight is 500 g/mol. The van der Waals surface area contributed by atoms with Crippen LogP contribution in [0, 0.1) is 0 Å². The lowest BCUT2D eigenvalue weighted by Crippen LogP contribution is -2.42. The first-order valence-electron chi connectivity index (χ1n) is 12.2. The summed E-state index contributed by atoms with van der Waals surface area (Å²) in [6.07, 6.45) is 3.49. The lowest BCUT2D eigenvalue weighted by molar-refractivity contribution is 0.0906. The number of pyridine rings is 2. The molecule has 38 heavy (non-hydrogen) atoms. The molecule has 2 aromatic carbocycles. The van der Waals surface area contributed by atoms with Crippen molar-refractivity contribution in [3.8, 4) is 22.5 Å². The summed E-state index contributed by atoms with van der Waals surface area (Å²) in [7, 11) is 0. The predicted octanol–water partition coefficient (Wildman–Crippen LogP) is 5.48. The molecule has 0 saturated carbocycles. The number of carbonyl (C=O) groups excluding carboxylic acids is 1. The van der Waals surface area contributed by atoms with E-state index >= 15 is 0 Å². The molecule has 6 aromatic rings. The van der Waals surface area contributed by atoms with Crippen LogP contribution in [-0.2, 0) is 5.54 Å². The number of hydrogen-bond donors (Lipinski definition) is 3. The lowest BCUT2D eigenvalue weighted by atomic mass is 10.00. The monoisotopic (exact) mass is 499 g/mol. The van der Waals surface area contributed by atoms with Crippen LogP contribution < -0.4 is 11.1 Å². The highest BCUT2D eigenvalue weighted by molar-refractivity contribution is 5.99. The van der Waals surface area contributed by atoms with Gasteiger partial charge < -0.3 is 16.0 Å². The first-order valence-corrected chi connectivity index (χ1v) is 12.2. The zero-order valence-corrected chi connectivity index (χ0v) is 20.9. The molecule has 8 heteroatoms. The highest BCUT2D eigenvalue weighted by Gasteiger charge is 2.28. The molecule has 0 radical (unpaired) electrons. The van der Waals surface area contributed by atoms with E-state index in [2.05, 4.69) is 25.3 Å². The molecule has 0 fully saturated rings. The standard InChI is InChI=1S/C30H25N7O/c1-30(2,24-17-23-22(34-24)11-7-15-33-23)37-29(38)27-28(31)36-25(18-8-4-3-5-9-18)26(35-27)20-12-13-21-19(16-20)10-6-14-32-21/h3-17,34H,1-2H3,(H2,31,36)(H,37,38). The number of H-pyrrole nitrogens is 1. The van der Waals surface area contributed by atoms with Crippen molar-refractivity contribution in [2.45, 2.75) is 19.4 Å². The van der Waals surface area contributed by atoms with Gasteiger partial charge in [0.05, 0.1) is 33.5 Å². The molecule has 8 nitrogen and oxygen atoms in total. The molecule has 0 bridgehead atoms. The minimum atomic E-state index is -0.751. The van der Waals surface area contributed by atoms with Crippen LogP contribution in [0.2, 0.25) is 0 Å². The topological polar surface area (TPSA) is 122 Å². The number of amides is 1. The van der Waals surface area contributed by atoms with Crippen LogP contribution in [0.1, 0.15) is 30.0 Å². The second-order valence-electron chi connectivity index (χ2n) is 9.63. The van der Waals surface area contributed by atoms with E-state index in [9.17, 15) is 4.79 Å². The van der Waals surface area contributed by atoms with Gasteiger partial charge in [-0.25, -0.2) is 9.97 Å². The summed E-state index contributed by atoms with van der Waals surface area (Å²) in [5.74, 6) is -0.364. The Bertz CT molecular complexity index is 1780. The molecule has 4 aromatic heterocycles. The summed E-state index contributed by atoms with van der Waals surface area (Å²) >= 11 is 0. The maximum Gasteiger partial charge on any atom is 0.274 e. The Morgan fingerprint density at radius 1 is 0.816 bits per heavy atom. The van der Waals surface area contributed by atoms with Crippen molar-refractivity contribution in [2.24, 2.45) is 0 Å². The van der Waals surface area contributed by atoms with Gasteiger partial charge in [0, 0.05) is 34.6 Å². The third-order valence-corrected chi connectivity index (χ3v) is 6.55. The van der Waals surface area contributed by atoms with E-state index in [4.69, 9.17) is 10.7 Å². The molecule has 186 valence electrons. The van der Waals surface area contributed by atoms with Gasteiger partial charge in [0.1, 0.15) is 0 Å². The minimum absolute atomic E-state index is 0.0571. The average Bonchev–Trinajstić information content (AvgIpc) is 3.38. The Morgan fingerprint density at radius 2 is 1.55 bits per heavy atom. The van der Waals surface area contributed by atoms with Crippen molar-refractivity contribution in [1.82, 2.24) is 30.2 Å². The van der Waals surface area contributed by atoms with Gasteiger partial charge in [0.15, 0.2) is 11.5 Å². The van der Waals surface area contributed by atoms with Crippen molar-refractivity contribution in [3.05, 3.63) is 103 Å². The van der Waals surface area contributed by atoms with E-state index < -0.39 is 11.4 Å². The molecule has 0 saturated heterocycles. The van der Waals surface area contributed by atoms with E-state index in [0.29, 0.717) is 11.4 Å². The summed E-state index contributed by atoms with van der Waals surface area (Å²) in [6.45, 7) is 3.82. The van der Waals surface area contributed by atoms with E-state index in [0.717, 1.165) is 38.8 Å². The first-order chi connectivity index (χ1) is 18.4. The highest BCUT2D eigenvalue weighted by Crippen LogP contribution is 2.33. The SMILES string of the molecule is CC(C)(NC(=O)c1nc(-c2ccc3ncccc3c2)c(-c2ccccc2)nc1N)c1cc2ncccc2[nH]1. The number of aromatic nitrogens is 5. The molecule has 0 aliphatic rings. The van der Waals surface area contributed by atoms with Crippen LogP contribution in [0.5, 0.6) is 0 Å². The van der Waals surface area contributed by atoms with E-state index in [1.54, 1.807) is 12.4 Å². The third-order valence-electron chi connectivity index (χ3n) is 6.55. The number of nitrogens with one attached hydrogen (secondary N) is 2. The number of benzene rings is 2. The fraction of sp³-hybridized carbons (Fsp3) is 0.100. The quantitative estimate of drug-likeness (QED) is 0.289.